The predicted octanol–water partition coefficient (Wildman–Crippen LogP) is 1.56. The summed E-state index contributed by atoms with van der Waals surface area (Å²) in [6.07, 6.45) is 4.48. The van der Waals surface area contributed by atoms with Crippen molar-refractivity contribution < 1.29 is 4.79 Å². The number of nitrogens with one attached hydrogen (secondary N) is 1. The number of carbonyl (C=O) groups excluding carboxylic acids is 1. The van der Waals surface area contributed by atoms with Crippen LogP contribution in [0.4, 0.5) is 4.79 Å². The summed E-state index contributed by atoms with van der Waals surface area (Å²) in [6.45, 7) is 5.41. The maximum absolute atomic E-state index is 11.9. The third-order valence-corrected chi connectivity index (χ3v) is 3.79. The van der Waals surface area contributed by atoms with Crippen molar-refractivity contribution in [2.75, 3.05) is 20.1 Å². The Labute approximate surface area is 98.6 Å². The molecule has 2 amide bonds. The first-order valence-electron chi connectivity index (χ1n) is 6.27. The molecule has 1 rings (SSSR count). The molecule has 0 aromatic carbocycles. The fourth-order valence-electron chi connectivity index (χ4n) is 2.74. The second kappa shape index (κ2) is 5.53. The number of hydrogen-bond donors (Lipinski definition) is 2. The van der Waals surface area contributed by atoms with E-state index in [1.54, 1.807) is 0 Å². The molecule has 0 saturated heterocycles. The molecule has 1 aliphatic rings. The summed E-state index contributed by atoms with van der Waals surface area (Å²) < 4.78 is 0. The minimum atomic E-state index is -0.128. The van der Waals surface area contributed by atoms with Crippen LogP contribution in [0.2, 0.25) is 0 Å². The van der Waals surface area contributed by atoms with E-state index in [-0.39, 0.29) is 11.6 Å². The first kappa shape index (κ1) is 13.3. The van der Waals surface area contributed by atoms with Gasteiger partial charge in [0.1, 0.15) is 0 Å². The fraction of sp³-hybridized carbons (Fsp3) is 0.917. The molecule has 0 radical (unpaired) electrons. The Kier molecular flexibility index (Phi) is 4.59. The molecule has 1 aliphatic carbocycles. The topological polar surface area (TPSA) is 58.4 Å². The number of urea groups is 1. The molecule has 3 N–H and O–H groups in total. The molecule has 16 heavy (non-hydrogen) atoms. The van der Waals surface area contributed by atoms with Crippen LogP contribution in [0.25, 0.3) is 0 Å². The van der Waals surface area contributed by atoms with Crippen LogP contribution in [0, 0.1) is 5.92 Å². The van der Waals surface area contributed by atoms with Crippen LogP contribution in [0.15, 0.2) is 0 Å². The van der Waals surface area contributed by atoms with Crippen LogP contribution in [0.1, 0.15) is 39.5 Å². The molecular formula is C12H25N3O. The highest BCUT2D eigenvalue weighted by Gasteiger charge is 2.39. The minimum absolute atomic E-state index is 0.00190. The lowest BCUT2D eigenvalue weighted by Gasteiger charge is -2.45. The molecule has 0 aromatic heterocycles. The molecule has 2 atom stereocenters. The SMILES string of the molecule is CCNC(=O)N(C)C1(CN)CCCC(C)C1. The molecule has 0 heterocycles. The van der Waals surface area contributed by atoms with Gasteiger partial charge in [0.25, 0.3) is 0 Å². The van der Waals surface area contributed by atoms with Gasteiger partial charge < -0.3 is 16.0 Å². The molecule has 4 heteroatoms. The monoisotopic (exact) mass is 227 g/mol. The average Bonchev–Trinajstić information content (AvgIpc) is 2.28. The van der Waals surface area contributed by atoms with Gasteiger partial charge in [-0.25, -0.2) is 4.79 Å². The predicted molar refractivity (Wildman–Crippen MR) is 66.3 cm³/mol. The standard InChI is InChI=1S/C12H25N3O/c1-4-14-11(16)15(3)12(9-13)7-5-6-10(2)8-12/h10H,4-9,13H2,1-3H3,(H,14,16). The van der Waals surface area contributed by atoms with Crippen molar-refractivity contribution in [3.63, 3.8) is 0 Å². The summed E-state index contributed by atoms with van der Waals surface area (Å²) in [5.41, 5.74) is 5.79. The second-order valence-corrected chi connectivity index (χ2v) is 5.02. The van der Waals surface area contributed by atoms with Gasteiger partial charge in [0.15, 0.2) is 0 Å². The van der Waals surface area contributed by atoms with Crippen molar-refractivity contribution in [1.82, 2.24) is 10.2 Å². The van der Waals surface area contributed by atoms with Gasteiger partial charge in [-0.05, 0) is 25.7 Å². The Morgan fingerprint density at radius 1 is 1.62 bits per heavy atom. The Balaban J connectivity index is 2.74. The van der Waals surface area contributed by atoms with E-state index in [9.17, 15) is 4.79 Å². The second-order valence-electron chi connectivity index (χ2n) is 5.02. The lowest BCUT2D eigenvalue weighted by molar-refractivity contribution is 0.0847. The van der Waals surface area contributed by atoms with Crippen LogP contribution in [-0.2, 0) is 0 Å². The quantitative estimate of drug-likeness (QED) is 0.768. The van der Waals surface area contributed by atoms with Crippen LogP contribution in [-0.4, -0.2) is 36.6 Å². The average molecular weight is 227 g/mol. The number of amides is 2. The van der Waals surface area contributed by atoms with Crippen LogP contribution < -0.4 is 11.1 Å². The molecule has 0 spiro atoms. The van der Waals surface area contributed by atoms with Crippen LogP contribution >= 0.6 is 0 Å². The number of likely N-dealkylation sites (N-methyl/N-ethyl adjacent to an activating group) is 1. The molecule has 0 aromatic rings. The Morgan fingerprint density at radius 2 is 2.31 bits per heavy atom. The number of nitrogens with zero attached hydrogens (tertiary/aromatic N) is 1. The highest BCUT2D eigenvalue weighted by molar-refractivity contribution is 5.74. The third-order valence-electron chi connectivity index (χ3n) is 3.79. The lowest BCUT2D eigenvalue weighted by Crippen LogP contribution is -2.58. The van der Waals surface area contributed by atoms with Gasteiger partial charge in [-0.3, -0.25) is 0 Å². The molecule has 1 fully saturated rings. The number of carbonyl (C=O) groups is 1. The smallest absolute Gasteiger partial charge is 0.317 e. The maximum Gasteiger partial charge on any atom is 0.317 e. The molecule has 4 nitrogen and oxygen atoms in total. The Morgan fingerprint density at radius 3 is 2.81 bits per heavy atom. The highest BCUT2D eigenvalue weighted by atomic mass is 16.2. The minimum Gasteiger partial charge on any atom is -0.338 e. The largest absolute Gasteiger partial charge is 0.338 e. The van der Waals surface area contributed by atoms with Gasteiger partial charge >= 0.3 is 6.03 Å². The zero-order chi connectivity index (χ0) is 12.2. The first-order valence-corrected chi connectivity index (χ1v) is 6.27. The first-order chi connectivity index (χ1) is 7.55. The zero-order valence-electron chi connectivity index (χ0n) is 10.8. The fourth-order valence-corrected chi connectivity index (χ4v) is 2.74. The zero-order valence-corrected chi connectivity index (χ0v) is 10.8. The molecule has 0 bridgehead atoms. The molecule has 1 saturated carbocycles. The summed E-state index contributed by atoms with van der Waals surface area (Å²) >= 11 is 0. The summed E-state index contributed by atoms with van der Waals surface area (Å²) in [7, 11) is 1.87. The van der Waals surface area contributed by atoms with E-state index in [1.807, 2.05) is 18.9 Å². The summed E-state index contributed by atoms with van der Waals surface area (Å²) in [5, 5.41) is 2.85. The van der Waals surface area contributed by atoms with E-state index < -0.39 is 0 Å². The van der Waals surface area contributed by atoms with E-state index in [4.69, 9.17) is 5.73 Å². The number of nitrogens with two attached hydrogens (primary N) is 1. The van der Waals surface area contributed by atoms with Crippen molar-refractivity contribution in [2.45, 2.75) is 45.1 Å². The maximum atomic E-state index is 11.9. The van der Waals surface area contributed by atoms with Crippen molar-refractivity contribution in [3.8, 4) is 0 Å². The molecular weight excluding hydrogens is 202 g/mol. The van der Waals surface area contributed by atoms with Crippen molar-refractivity contribution >= 4 is 6.03 Å². The van der Waals surface area contributed by atoms with Gasteiger partial charge in [-0.2, -0.15) is 0 Å². The van der Waals surface area contributed by atoms with Gasteiger partial charge in [-0.15, -0.1) is 0 Å². The lowest BCUT2D eigenvalue weighted by atomic mass is 9.75. The van der Waals surface area contributed by atoms with Crippen molar-refractivity contribution in [3.05, 3.63) is 0 Å². The Bertz CT molecular complexity index is 244. The van der Waals surface area contributed by atoms with Gasteiger partial charge in [-0.1, -0.05) is 19.8 Å². The summed E-state index contributed by atoms with van der Waals surface area (Å²) in [6, 6.07) is 0.00190. The molecule has 2 unspecified atom stereocenters. The highest BCUT2D eigenvalue weighted by Crippen LogP contribution is 2.35. The Hall–Kier alpha value is -0.770. The van der Waals surface area contributed by atoms with Crippen LogP contribution in [0.5, 0.6) is 0 Å². The van der Waals surface area contributed by atoms with Crippen molar-refractivity contribution in [2.24, 2.45) is 11.7 Å². The summed E-state index contributed by atoms with van der Waals surface area (Å²) in [4.78, 5) is 13.7. The normalized spacial score (nSPS) is 29.9. The van der Waals surface area contributed by atoms with E-state index in [0.29, 0.717) is 19.0 Å². The molecule has 0 aliphatic heterocycles. The summed E-state index contributed by atoms with van der Waals surface area (Å²) in [5.74, 6) is 0.661. The van der Waals surface area contributed by atoms with Gasteiger partial charge in [0, 0.05) is 20.1 Å². The van der Waals surface area contributed by atoms with Crippen LogP contribution in [0.3, 0.4) is 0 Å². The number of hydrogen-bond acceptors (Lipinski definition) is 2. The van der Waals surface area contributed by atoms with Crippen molar-refractivity contribution in [1.29, 1.82) is 0 Å². The van der Waals surface area contributed by atoms with Gasteiger partial charge in [0.2, 0.25) is 0 Å². The van der Waals surface area contributed by atoms with E-state index in [2.05, 4.69) is 12.2 Å². The molecule has 94 valence electrons. The van der Waals surface area contributed by atoms with Gasteiger partial charge in [0.05, 0.1) is 5.54 Å². The van der Waals surface area contributed by atoms with E-state index in [1.165, 1.54) is 12.8 Å². The van der Waals surface area contributed by atoms with E-state index in [0.717, 1.165) is 12.8 Å². The van der Waals surface area contributed by atoms with E-state index >= 15 is 0 Å². The third kappa shape index (κ3) is 2.67. The number of rotatable bonds is 3.